The van der Waals surface area contributed by atoms with Gasteiger partial charge in [-0.15, -0.1) is 0 Å². The van der Waals surface area contributed by atoms with E-state index in [1.54, 1.807) is 4.90 Å². The smallest absolute Gasteiger partial charge is 0.409 e. The molecule has 2 rings (SSSR count). The Labute approximate surface area is 90.8 Å². The van der Waals surface area contributed by atoms with E-state index in [2.05, 4.69) is 4.74 Å². The number of amides is 1. The first-order valence-corrected chi connectivity index (χ1v) is 5.81. The molecule has 2 N–H and O–H groups in total. The predicted molar refractivity (Wildman–Crippen MR) is 57.4 cm³/mol. The van der Waals surface area contributed by atoms with Crippen molar-refractivity contribution in [2.24, 2.45) is 17.6 Å². The van der Waals surface area contributed by atoms with Gasteiger partial charge in [0.25, 0.3) is 0 Å². The molecule has 4 heteroatoms. The van der Waals surface area contributed by atoms with Crippen LogP contribution in [0.3, 0.4) is 0 Å². The maximum atomic E-state index is 11.1. The van der Waals surface area contributed by atoms with Crippen LogP contribution in [0.4, 0.5) is 4.79 Å². The highest BCUT2D eigenvalue weighted by Gasteiger charge is 2.38. The van der Waals surface area contributed by atoms with Crippen LogP contribution in [0.25, 0.3) is 0 Å². The third-order valence-electron chi connectivity index (χ3n) is 3.83. The van der Waals surface area contributed by atoms with Crippen molar-refractivity contribution in [3.8, 4) is 0 Å². The summed E-state index contributed by atoms with van der Waals surface area (Å²) in [6.45, 7) is 1.56. The molecule has 1 saturated heterocycles. The van der Waals surface area contributed by atoms with Gasteiger partial charge in [-0.1, -0.05) is 12.8 Å². The minimum atomic E-state index is -0.218. The van der Waals surface area contributed by atoms with Gasteiger partial charge in [0.1, 0.15) is 0 Å². The molecular formula is C11H20N2O2. The molecule has 0 aromatic carbocycles. The molecule has 86 valence electrons. The summed E-state index contributed by atoms with van der Waals surface area (Å²) < 4.78 is 4.65. The molecule has 1 atom stereocenters. The van der Waals surface area contributed by atoms with E-state index in [0.29, 0.717) is 11.8 Å². The quantitative estimate of drug-likeness (QED) is 0.748. The maximum Gasteiger partial charge on any atom is 0.409 e. The second kappa shape index (κ2) is 4.39. The topological polar surface area (TPSA) is 55.6 Å². The van der Waals surface area contributed by atoms with Gasteiger partial charge in [0.05, 0.1) is 7.11 Å². The summed E-state index contributed by atoms with van der Waals surface area (Å²) in [7, 11) is 1.42. The molecule has 1 saturated carbocycles. The average Bonchev–Trinajstić information content (AvgIpc) is 2.67. The first-order chi connectivity index (χ1) is 7.22. The molecule has 1 aliphatic carbocycles. The lowest BCUT2D eigenvalue weighted by Crippen LogP contribution is -2.58. The summed E-state index contributed by atoms with van der Waals surface area (Å²) in [5, 5.41) is 0. The summed E-state index contributed by atoms with van der Waals surface area (Å²) >= 11 is 0. The van der Waals surface area contributed by atoms with Crippen LogP contribution in [0.5, 0.6) is 0 Å². The Morgan fingerprint density at radius 1 is 1.33 bits per heavy atom. The predicted octanol–water partition coefficient (Wildman–Crippen LogP) is 1.20. The SMILES string of the molecule is COC(=O)N1CC(C(N)C2CCCC2)C1. The number of rotatable bonds is 2. The van der Waals surface area contributed by atoms with E-state index in [0.717, 1.165) is 13.1 Å². The van der Waals surface area contributed by atoms with Crippen molar-refractivity contribution in [1.29, 1.82) is 0 Å². The summed E-state index contributed by atoms with van der Waals surface area (Å²) in [4.78, 5) is 12.9. The van der Waals surface area contributed by atoms with Crippen LogP contribution in [-0.2, 0) is 4.74 Å². The zero-order chi connectivity index (χ0) is 10.8. The fourth-order valence-electron chi connectivity index (χ4n) is 2.76. The van der Waals surface area contributed by atoms with Crippen LogP contribution < -0.4 is 5.73 Å². The minimum absolute atomic E-state index is 0.218. The number of likely N-dealkylation sites (tertiary alicyclic amines) is 1. The highest BCUT2D eigenvalue weighted by atomic mass is 16.5. The Morgan fingerprint density at radius 3 is 2.47 bits per heavy atom. The van der Waals surface area contributed by atoms with Crippen molar-refractivity contribution in [2.75, 3.05) is 20.2 Å². The van der Waals surface area contributed by atoms with Crippen LogP contribution in [0.1, 0.15) is 25.7 Å². The van der Waals surface area contributed by atoms with Gasteiger partial charge in [-0.25, -0.2) is 4.79 Å². The number of hydrogen-bond donors (Lipinski definition) is 1. The molecule has 0 spiro atoms. The van der Waals surface area contributed by atoms with Gasteiger partial charge < -0.3 is 15.4 Å². The van der Waals surface area contributed by atoms with Crippen molar-refractivity contribution in [3.05, 3.63) is 0 Å². The van der Waals surface area contributed by atoms with E-state index in [-0.39, 0.29) is 12.1 Å². The molecule has 0 aromatic heterocycles. The molecule has 2 aliphatic rings. The fraction of sp³-hybridized carbons (Fsp3) is 0.909. The normalized spacial score (nSPS) is 25.1. The van der Waals surface area contributed by atoms with E-state index in [9.17, 15) is 4.79 Å². The fourth-order valence-corrected chi connectivity index (χ4v) is 2.76. The zero-order valence-corrected chi connectivity index (χ0v) is 9.32. The third kappa shape index (κ3) is 2.09. The second-order valence-corrected chi connectivity index (χ2v) is 4.76. The number of nitrogens with two attached hydrogens (primary N) is 1. The van der Waals surface area contributed by atoms with Gasteiger partial charge in [0.2, 0.25) is 0 Å². The van der Waals surface area contributed by atoms with Crippen LogP contribution >= 0.6 is 0 Å². The summed E-state index contributed by atoms with van der Waals surface area (Å²) in [5.41, 5.74) is 6.21. The number of hydrogen-bond acceptors (Lipinski definition) is 3. The van der Waals surface area contributed by atoms with Crippen molar-refractivity contribution >= 4 is 6.09 Å². The van der Waals surface area contributed by atoms with Gasteiger partial charge in [-0.2, -0.15) is 0 Å². The van der Waals surface area contributed by atoms with Crippen molar-refractivity contribution in [2.45, 2.75) is 31.7 Å². The minimum Gasteiger partial charge on any atom is -0.453 e. The first kappa shape index (κ1) is 10.7. The Kier molecular flexibility index (Phi) is 3.14. The number of carbonyl (C=O) groups is 1. The Morgan fingerprint density at radius 2 is 1.93 bits per heavy atom. The number of methoxy groups -OCH3 is 1. The molecule has 15 heavy (non-hydrogen) atoms. The van der Waals surface area contributed by atoms with E-state index in [1.807, 2.05) is 0 Å². The standard InChI is InChI=1S/C11H20N2O2/c1-15-11(14)13-6-9(7-13)10(12)8-4-2-3-5-8/h8-10H,2-7,12H2,1H3. The molecule has 1 aliphatic heterocycles. The summed E-state index contributed by atoms with van der Waals surface area (Å²) in [5.74, 6) is 1.18. The highest BCUT2D eigenvalue weighted by molar-refractivity contribution is 5.68. The Balaban J connectivity index is 1.76. The van der Waals surface area contributed by atoms with Crippen LogP contribution in [0.15, 0.2) is 0 Å². The highest BCUT2D eigenvalue weighted by Crippen LogP contribution is 2.32. The Hall–Kier alpha value is -0.770. The molecule has 1 heterocycles. The largest absolute Gasteiger partial charge is 0.453 e. The van der Waals surface area contributed by atoms with Gasteiger partial charge in [-0.3, -0.25) is 0 Å². The van der Waals surface area contributed by atoms with Crippen LogP contribution in [0, 0.1) is 11.8 Å². The number of ether oxygens (including phenoxy) is 1. The molecule has 1 amide bonds. The van der Waals surface area contributed by atoms with Gasteiger partial charge in [0, 0.05) is 25.0 Å². The van der Waals surface area contributed by atoms with E-state index < -0.39 is 0 Å². The third-order valence-corrected chi connectivity index (χ3v) is 3.83. The number of nitrogens with zero attached hydrogens (tertiary/aromatic N) is 1. The van der Waals surface area contributed by atoms with Crippen molar-refractivity contribution in [1.82, 2.24) is 4.90 Å². The van der Waals surface area contributed by atoms with E-state index in [1.165, 1.54) is 32.8 Å². The molecule has 4 nitrogen and oxygen atoms in total. The molecule has 0 radical (unpaired) electrons. The Bertz CT molecular complexity index is 233. The molecule has 0 aromatic rings. The van der Waals surface area contributed by atoms with Crippen LogP contribution in [0.2, 0.25) is 0 Å². The molecule has 2 fully saturated rings. The monoisotopic (exact) mass is 212 g/mol. The van der Waals surface area contributed by atoms with E-state index >= 15 is 0 Å². The van der Waals surface area contributed by atoms with Crippen molar-refractivity contribution < 1.29 is 9.53 Å². The molecule has 1 unspecified atom stereocenters. The van der Waals surface area contributed by atoms with Gasteiger partial charge in [0.15, 0.2) is 0 Å². The molecular weight excluding hydrogens is 192 g/mol. The van der Waals surface area contributed by atoms with Crippen molar-refractivity contribution in [3.63, 3.8) is 0 Å². The lowest BCUT2D eigenvalue weighted by Gasteiger charge is -2.42. The van der Waals surface area contributed by atoms with E-state index in [4.69, 9.17) is 5.73 Å². The van der Waals surface area contributed by atoms with Crippen LogP contribution in [-0.4, -0.2) is 37.2 Å². The lowest BCUT2D eigenvalue weighted by atomic mass is 9.83. The lowest BCUT2D eigenvalue weighted by molar-refractivity contribution is 0.0499. The maximum absolute atomic E-state index is 11.1. The summed E-state index contributed by atoms with van der Waals surface area (Å²) in [6.07, 6.45) is 4.98. The van der Waals surface area contributed by atoms with Gasteiger partial charge >= 0.3 is 6.09 Å². The number of carbonyl (C=O) groups excluding carboxylic acids is 1. The average molecular weight is 212 g/mol. The molecule has 0 bridgehead atoms. The zero-order valence-electron chi connectivity index (χ0n) is 9.32. The first-order valence-electron chi connectivity index (χ1n) is 5.81. The van der Waals surface area contributed by atoms with Gasteiger partial charge in [-0.05, 0) is 18.8 Å². The summed E-state index contributed by atoms with van der Waals surface area (Å²) in [6, 6.07) is 0.286. The second-order valence-electron chi connectivity index (χ2n) is 4.76.